The quantitative estimate of drug-likeness (QED) is 0.548. The first-order chi connectivity index (χ1) is 16.2. The number of aromatic nitrogens is 3. The number of rotatable bonds is 7. The SMILES string of the molecule is COCCC1C(C)N(C(C)C)C(=O)c2c(O)c(=O)c(-c3nnc(Cc4ccc(F)cc4)s3)cn21. The number of hydrogen-bond acceptors (Lipinski definition) is 7. The lowest BCUT2D eigenvalue weighted by Crippen LogP contribution is -2.53. The third kappa shape index (κ3) is 4.35. The lowest BCUT2D eigenvalue weighted by atomic mass is 9.97. The van der Waals surface area contributed by atoms with Gasteiger partial charge in [-0.2, -0.15) is 0 Å². The number of fused-ring (bicyclic) bond motifs is 1. The number of carbonyl (C=O) groups excluding carboxylic acids is 1. The van der Waals surface area contributed by atoms with Gasteiger partial charge in [-0.3, -0.25) is 9.59 Å². The zero-order valence-electron chi connectivity index (χ0n) is 19.5. The molecule has 0 radical (unpaired) electrons. The lowest BCUT2D eigenvalue weighted by Gasteiger charge is -2.44. The molecule has 0 saturated carbocycles. The van der Waals surface area contributed by atoms with Crippen LogP contribution in [0.1, 0.15) is 54.3 Å². The van der Waals surface area contributed by atoms with Gasteiger partial charge in [-0.25, -0.2) is 4.39 Å². The molecule has 2 unspecified atom stereocenters. The summed E-state index contributed by atoms with van der Waals surface area (Å²) in [4.78, 5) is 28.1. The molecule has 3 aromatic rings. The monoisotopic (exact) mass is 486 g/mol. The normalized spacial score (nSPS) is 17.9. The van der Waals surface area contributed by atoms with E-state index in [-0.39, 0.29) is 41.1 Å². The molecule has 0 aliphatic carbocycles. The van der Waals surface area contributed by atoms with Crippen LogP contribution in [0.3, 0.4) is 0 Å². The van der Waals surface area contributed by atoms with Gasteiger partial charge in [-0.05, 0) is 44.9 Å². The highest BCUT2D eigenvalue weighted by atomic mass is 32.1. The summed E-state index contributed by atoms with van der Waals surface area (Å²) in [6.07, 6.45) is 2.63. The standard InChI is InChI=1S/C24H27FN4O4S/c1-13(2)29-14(3)18(9-10-33-4)28-12-17(21(30)22(31)20(28)24(29)32)23-27-26-19(34-23)11-15-5-7-16(25)8-6-15/h5-8,12-14,18,31H,9-11H2,1-4H3. The minimum Gasteiger partial charge on any atom is -0.503 e. The highest BCUT2D eigenvalue weighted by Gasteiger charge is 2.40. The minimum atomic E-state index is -0.659. The third-order valence-electron chi connectivity index (χ3n) is 6.14. The van der Waals surface area contributed by atoms with Crippen molar-refractivity contribution >= 4 is 17.2 Å². The van der Waals surface area contributed by atoms with Crippen LogP contribution in [-0.2, 0) is 11.2 Å². The molecule has 1 N–H and O–H groups in total. The van der Waals surface area contributed by atoms with E-state index in [0.29, 0.717) is 29.5 Å². The number of ether oxygens (including phenoxy) is 1. The Labute approximate surface area is 200 Å². The number of nitrogens with zero attached hydrogens (tertiary/aromatic N) is 4. The molecule has 180 valence electrons. The van der Waals surface area contributed by atoms with Crippen LogP contribution in [0.4, 0.5) is 4.39 Å². The van der Waals surface area contributed by atoms with Crippen molar-refractivity contribution in [3.63, 3.8) is 0 Å². The van der Waals surface area contributed by atoms with Crippen LogP contribution >= 0.6 is 11.3 Å². The Morgan fingerprint density at radius 3 is 2.56 bits per heavy atom. The van der Waals surface area contributed by atoms with E-state index in [2.05, 4.69) is 10.2 Å². The molecule has 0 bridgehead atoms. The molecule has 34 heavy (non-hydrogen) atoms. The van der Waals surface area contributed by atoms with Gasteiger partial charge in [0, 0.05) is 32.4 Å². The maximum absolute atomic E-state index is 13.3. The van der Waals surface area contributed by atoms with Crippen LogP contribution in [0, 0.1) is 5.82 Å². The molecule has 0 fully saturated rings. The smallest absolute Gasteiger partial charge is 0.275 e. The van der Waals surface area contributed by atoms with Gasteiger partial charge in [0.1, 0.15) is 10.8 Å². The van der Waals surface area contributed by atoms with Gasteiger partial charge in [0.25, 0.3) is 5.91 Å². The van der Waals surface area contributed by atoms with Crippen LogP contribution < -0.4 is 5.43 Å². The second kappa shape index (κ2) is 9.63. The summed E-state index contributed by atoms with van der Waals surface area (Å²) in [5.41, 5.74) is 0.372. The Morgan fingerprint density at radius 2 is 1.91 bits per heavy atom. The first-order valence-electron chi connectivity index (χ1n) is 11.1. The highest BCUT2D eigenvalue weighted by Crippen LogP contribution is 2.36. The van der Waals surface area contributed by atoms with Crippen LogP contribution in [-0.4, -0.2) is 56.5 Å². The number of methoxy groups -OCH3 is 1. The van der Waals surface area contributed by atoms with Gasteiger partial charge in [0.2, 0.25) is 5.43 Å². The maximum Gasteiger partial charge on any atom is 0.275 e. The molecule has 1 aromatic carbocycles. The molecule has 0 saturated heterocycles. The van der Waals surface area contributed by atoms with E-state index in [9.17, 15) is 19.1 Å². The predicted molar refractivity (Wildman–Crippen MR) is 127 cm³/mol. The van der Waals surface area contributed by atoms with Gasteiger partial charge >= 0.3 is 0 Å². The zero-order chi connectivity index (χ0) is 24.6. The number of halogens is 1. The number of benzene rings is 1. The lowest BCUT2D eigenvalue weighted by molar-refractivity contribution is 0.0405. The number of amides is 1. The van der Waals surface area contributed by atoms with E-state index < -0.39 is 11.2 Å². The van der Waals surface area contributed by atoms with Crippen molar-refractivity contribution in [1.29, 1.82) is 0 Å². The Balaban J connectivity index is 1.77. The predicted octanol–water partition coefficient (Wildman–Crippen LogP) is 3.63. The first-order valence-corrected chi connectivity index (χ1v) is 11.9. The van der Waals surface area contributed by atoms with Gasteiger partial charge < -0.3 is 19.3 Å². The van der Waals surface area contributed by atoms with E-state index in [1.807, 2.05) is 20.8 Å². The third-order valence-corrected chi connectivity index (χ3v) is 7.10. The van der Waals surface area contributed by atoms with Crippen molar-refractivity contribution in [2.45, 2.75) is 51.7 Å². The van der Waals surface area contributed by atoms with Crippen molar-refractivity contribution in [3.8, 4) is 16.3 Å². The van der Waals surface area contributed by atoms with Crippen molar-refractivity contribution < 1.29 is 19.0 Å². The van der Waals surface area contributed by atoms with Crippen LogP contribution in [0.25, 0.3) is 10.6 Å². The first kappa shape index (κ1) is 24.0. The summed E-state index contributed by atoms with van der Waals surface area (Å²) in [5, 5.41) is 20.2. The van der Waals surface area contributed by atoms with Crippen molar-refractivity contribution in [3.05, 3.63) is 62.8 Å². The Kier molecular flexibility index (Phi) is 6.81. The van der Waals surface area contributed by atoms with Crippen molar-refractivity contribution in [1.82, 2.24) is 19.7 Å². The van der Waals surface area contributed by atoms with Gasteiger partial charge in [-0.15, -0.1) is 10.2 Å². The van der Waals surface area contributed by atoms with Gasteiger partial charge in [0.15, 0.2) is 16.5 Å². The fraction of sp³-hybridized carbons (Fsp3) is 0.417. The van der Waals surface area contributed by atoms with Crippen LogP contribution in [0.15, 0.2) is 35.3 Å². The molecule has 1 aliphatic heterocycles. The molecule has 2 atom stereocenters. The molecular formula is C24H27FN4O4S. The van der Waals surface area contributed by atoms with E-state index >= 15 is 0 Å². The van der Waals surface area contributed by atoms with E-state index in [1.54, 1.807) is 34.9 Å². The molecule has 10 heteroatoms. The molecule has 1 amide bonds. The Bertz CT molecular complexity index is 1250. The summed E-state index contributed by atoms with van der Waals surface area (Å²) in [6, 6.07) is 5.62. The fourth-order valence-corrected chi connectivity index (χ4v) is 5.39. The second-order valence-electron chi connectivity index (χ2n) is 8.68. The summed E-state index contributed by atoms with van der Waals surface area (Å²) in [5.74, 6) is -1.29. The maximum atomic E-state index is 13.3. The summed E-state index contributed by atoms with van der Waals surface area (Å²) >= 11 is 1.22. The largest absolute Gasteiger partial charge is 0.503 e. The average molecular weight is 487 g/mol. The van der Waals surface area contributed by atoms with E-state index in [1.165, 1.54) is 23.5 Å². The van der Waals surface area contributed by atoms with Crippen molar-refractivity contribution in [2.24, 2.45) is 0 Å². The van der Waals surface area contributed by atoms with E-state index in [4.69, 9.17) is 4.74 Å². The Morgan fingerprint density at radius 1 is 1.21 bits per heavy atom. The van der Waals surface area contributed by atoms with Gasteiger partial charge in [0.05, 0.1) is 17.6 Å². The molecular weight excluding hydrogens is 459 g/mol. The molecule has 1 aliphatic rings. The molecule has 4 rings (SSSR count). The number of hydrogen-bond donors (Lipinski definition) is 1. The van der Waals surface area contributed by atoms with Crippen LogP contribution in [0.5, 0.6) is 5.75 Å². The number of pyridine rings is 1. The van der Waals surface area contributed by atoms with Crippen molar-refractivity contribution in [2.75, 3.05) is 13.7 Å². The molecule has 0 spiro atoms. The van der Waals surface area contributed by atoms with E-state index in [0.717, 1.165) is 5.56 Å². The number of aromatic hydroxyl groups is 1. The molecule has 8 nitrogen and oxygen atoms in total. The topological polar surface area (TPSA) is 97.6 Å². The highest BCUT2D eigenvalue weighted by molar-refractivity contribution is 7.14. The summed E-state index contributed by atoms with van der Waals surface area (Å²) < 4.78 is 20.2. The number of carbonyl (C=O) groups is 1. The van der Waals surface area contributed by atoms with Crippen LogP contribution in [0.2, 0.25) is 0 Å². The average Bonchev–Trinajstić information content (AvgIpc) is 3.25. The van der Waals surface area contributed by atoms with Gasteiger partial charge in [-0.1, -0.05) is 23.5 Å². The summed E-state index contributed by atoms with van der Waals surface area (Å²) in [7, 11) is 1.61. The zero-order valence-corrected chi connectivity index (χ0v) is 20.3. The minimum absolute atomic E-state index is 0.0160. The Hall–Kier alpha value is -3.11. The fourth-order valence-electron chi connectivity index (χ4n) is 4.50. The summed E-state index contributed by atoms with van der Waals surface area (Å²) in [6.45, 7) is 6.23. The molecule has 3 heterocycles. The molecule has 2 aromatic heterocycles. The second-order valence-corrected chi connectivity index (χ2v) is 9.74.